The lowest BCUT2D eigenvalue weighted by Gasteiger charge is -2.14. The minimum atomic E-state index is 0.667. The Bertz CT molecular complexity index is 532. The summed E-state index contributed by atoms with van der Waals surface area (Å²) in [7, 11) is 4.02. The summed E-state index contributed by atoms with van der Waals surface area (Å²) in [5.74, 6) is 0. The molecule has 0 saturated heterocycles. The second-order valence-corrected chi connectivity index (χ2v) is 4.43. The van der Waals surface area contributed by atoms with E-state index in [9.17, 15) is 4.79 Å². The van der Waals surface area contributed by atoms with Crippen LogP contribution >= 0.6 is 0 Å². The van der Waals surface area contributed by atoms with Crippen LogP contribution in [0.25, 0.3) is 0 Å². The van der Waals surface area contributed by atoms with Crippen LogP contribution in [0.2, 0.25) is 0 Å². The van der Waals surface area contributed by atoms with Crippen molar-refractivity contribution in [3.8, 4) is 0 Å². The third kappa shape index (κ3) is 3.48. The molecule has 0 aromatic heterocycles. The molecule has 0 radical (unpaired) electrons. The average Bonchev–Trinajstić information content (AvgIpc) is 2.46. The first-order valence-corrected chi connectivity index (χ1v) is 6.04. The molecule has 19 heavy (non-hydrogen) atoms. The summed E-state index contributed by atoms with van der Waals surface area (Å²) in [6.07, 6.45) is 0.831. The van der Waals surface area contributed by atoms with Gasteiger partial charge in [-0.05, 0) is 48.5 Å². The number of aldehydes is 1. The summed E-state index contributed by atoms with van der Waals surface area (Å²) in [6, 6.07) is 15.3. The van der Waals surface area contributed by atoms with Gasteiger partial charge in [-0.15, -0.1) is 0 Å². The van der Waals surface area contributed by atoms with E-state index in [2.05, 4.69) is 15.8 Å². The van der Waals surface area contributed by atoms with E-state index in [4.69, 9.17) is 0 Å². The Balaban J connectivity index is 1.95. The van der Waals surface area contributed by atoms with Gasteiger partial charge >= 0.3 is 0 Å². The van der Waals surface area contributed by atoms with Gasteiger partial charge in [0.2, 0.25) is 0 Å². The van der Waals surface area contributed by atoms with Gasteiger partial charge in [0.1, 0.15) is 6.29 Å². The van der Waals surface area contributed by atoms with Crippen molar-refractivity contribution in [1.82, 2.24) is 0 Å². The number of hydrazine groups is 1. The van der Waals surface area contributed by atoms with Crippen molar-refractivity contribution >= 4 is 23.3 Å². The lowest BCUT2D eigenvalue weighted by atomic mass is 10.2. The summed E-state index contributed by atoms with van der Waals surface area (Å²) in [4.78, 5) is 12.6. The van der Waals surface area contributed by atoms with Gasteiger partial charge in [0.15, 0.2) is 0 Å². The third-order valence-electron chi connectivity index (χ3n) is 2.78. The predicted octanol–water partition coefficient (Wildman–Crippen LogP) is 3.00. The molecule has 2 N–H and O–H groups in total. The number of nitrogens with zero attached hydrogens (tertiary/aromatic N) is 1. The molecule has 0 atom stereocenters. The number of carbonyl (C=O) groups is 1. The van der Waals surface area contributed by atoms with Crippen LogP contribution in [0.4, 0.5) is 17.1 Å². The molecule has 4 heteroatoms. The Labute approximate surface area is 113 Å². The van der Waals surface area contributed by atoms with Crippen LogP contribution in [0.1, 0.15) is 10.4 Å². The zero-order valence-corrected chi connectivity index (χ0v) is 11.1. The normalized spacial score (nSPS) is 9.79. The van der Waals surface area contributed by atoms with Crippen molar-refractivity contribution in [3.63, 3.8) is 0 Å². The molecule has 0 fully saturated rings. The highest BCUT2D eigenvalue weighted by molar-refractivity contribution is 5.75. The van der Waals surface area contributed by atoms with Crippen LogP contribution in [0.15, 0.2) is 48.5 Å². The maximum atomic E-state index is 10.5. The van der Waals surface area contributed by atoms with Gasteiger partial charge in [0.25, 0.3) is 0 Å². The molecule has 0 heterocycles. The molecule has 4 nitrogen and oxygen atoms in total. The molecule has 0 aliphatic heterocycles. The minimum Gasteiger partial charge on any atom is -0.378 e. The summed E-state index contributed by atoms with van der Waals surface area (Å²) in [6.45, 7) is 0. The zero-order valence-electron chi connectivity index (χ0n) is 11.1. The summed E-state index contributed by atoms with van der Waals surface area (Å²) in [5, 5.41) is 0. The number of carbonyl (C=O) groups excluding carboxylic acids is 1. The van der Waals surface area contributed by atoms with Gasteiger partial charge < -0.3 is 15.8 Å². The van der Waals surface area contributed by atoms with E-state index in [1.165, 1.54) is 0 Å². The van der Waals surface area contributed by atoms with Gasteiger partial charge in [-0.1, -0.05) is 0 Å². The molecule has 0 bridgehead atoms. The van der Waals surface area contributed by atoms with E-state index in [0.717, 1.165) is 23.3 Å². The molecule has 98 valence electrons. The second kappa shape index (κ2) is 5.91. The number of anilines is 3. The van der Waals surface area contributed by atoms with Gasteiger partial charge in [-0.2, -0.15) is 0 Å². The molecule has 0 spiro atoms. The van der Waals surface area contributed by atoms with Crippen LogP contribution in [0.3, 0.4) is 0 Å². The Morgan fingerprint density at radius 1 is 0.842 bits per heavy atom. The molecule has 0 amide bonds. The highest BCUT2D eigenvalue weighted by Gasteiger charge is 1.96. The standard InChI is InChI=1S/C15H17N3O/c1-18(2)15-9-7-14(8-10-15)17-16-13-5-3-12(11-19)4-6-13/h3-11,16-17H,1-2H3. The summed E-state index contributed by atoms with van der Waals surface area (Å²) in [5.41, 5.74) is 9.89. The molecule has 2 rings (SSSR count). The van der Waals surface area contributed by atoms with Crippen LogP contribution in [0.5, 0.6) is 0 Å². The van der Waals surface area contributed by atoms with Crippen molar-refractivity contribution in [3.05, 3.63) is 54.1 Å². The molecule has 0 aliphatic carbocycles. The molecule has 0 unspecified atom stereocenters. The zero-order chi connectivity index (χ0) is 13.7. The summed E-state index contributed by atoms with van der Waals surface area (Å²) >= 11 is 0. The number of nitrogens with one attached hydrogen (secondary N) is 2. The van der Waals surface area contributed by atoms with Gasteiger partial charge in [-0.25, -0.2) is 0 Å². The average molecular weight is 255 g/mol. The predicted molar refractivity (Wildman–Crippen MR) is 79.8 cm³/mol. The highest BCUT2D eigenvalue weighted by atomic mass is 16.1. The first-order chi connectivity index (χ1) is 9.19. The van der Waals surface area contributed by atoms with E-state index in [1.807, 2.05) is 50.5 Å². The van der Waals surface area contributed by atoms with E-state index in [-0.39, 0.29) is 0 Å². The van der Waals surface area contributed by atoms with E-state index in [1.54, 1.807) is 12.1 Å². The quantitative estimate of drug-likeness (QED) is 0.637. The third-order valence-corrected chi connectivity index (χ3v) is 2.78. The lowest BCUT2D eigenvalue weighted by molar-refractivity contribution is 0.112. The Hall–Kier alpha value is -2.49. The Morgan fingerprint density at radius 2 is 1.32 bits per heavy atom. The SMILES string of the molecule is CN(C)c1ccc(NNc2ccc(C=O)cc2)cc1. The van der Waals surface area contributed by atoms with Gasteiger partial charge in [0.05, 0.1) is 11.4 Å². The minimum absolute atomic E-state index is 0.667. The number of hydrogen-bond acceptors (Lipinski definition) is 4. The van der Waals surface area contributed by atoms with Gasteiger partial charge in [-0.3, -0.25) is 4.79 Å². The largest absolute Gasteiger partial charge is 0.378 e. The maximum absolute atomic E-state index is 10.5. The summed E-state index contributed by atoms with van der Waals surface area (Å²) < 4.78 is 0. The van der Waals surface area contributed by atoms with Crippen LogP contribution in [0, 0.1) is 0 Å². The van der Waals surface area contributed by atoms with Crippen molar-refractivity contribution < 1.29 is 4.79 Å². The van der Waals surface area contributed by atoms with Crippen molar-refractivity contribution in [1.29, 1.82) is 0 Å². The van der Waals surface area contributed by atoms with Crippen molar-refractivity contribution in [2.45, 2.75) is 0 Å². The topological polar surface area (TPSA) is 44.4 Å². The lowest BCUT2D eigenvalue weighted by Crippen LogP contribution is -2.10. The second-order valence-electron chi connectivity index (χ2n) is 4.43. The number of benzene rings is 2. The van der Waals surface area contributed by atoms with Crippen molar-refractivity contribution in [2.24, 2.45) is 0 Å². The highest BCUT2D eigenvalue weighted by Crippen LogP contribution is 2.16. The van der Waals surface area contributed by atoms with E-state index < -0.39 is 0 Å². The van der Waals surface area contributed by atoms with Gasteiger partial charge in [0, 0.05) is 25.3 Å². The Morgan fingerprint density at radius 3 is 1.74 bits per heavy atom. The fraction of sp³-hybridized carbons (Fsp3) is 0.133. The van der Waals surface area contributed by atoms with E-state index >= 15 is 0 Å². The number of rotatable bonds is 5. The van der Waals surface area contributed by atoms with Crippen LogP contribution < -0.4 is 15.8 Å². The Kier molecular flexibility index (Phi) is 4.03. The first kappa shape index (κ1) is 13.0. The molecular weight excluding hydrogens is 238 g/mol. The maximum Gasteiger partial charge on any atom is 0.150 e. The molecule has 0 saturated carbocycles. The fourth-order valence-electron chi connectivity index (χ4n) is 1.63. The molecule has 2 aromatic rings. The molecular formula is C15H17N3O. The van der Waals surface area contributed by atoms with Crippen LogP contribution in [-0.4, -0.2) is 20.4 Å². The van der Waals surface area contributed by atoms with Crippen LogP contribution in [-0.2, 0) is 0 Å². The molecule has 2 aromatic carbocycles. The smallest absolute Gasteiger partial charge is 0.150 e. The van der Waals surface area contributed by atoms with E-state index in [0.29, 0.717) is 5.56 Å². The monoisotopic (exact) mass is 255 g/mol. The van der Waals surface area contributed by atoms with Crippen molar-refractivity contribution in [2.75, 3.05) is 29.8 Å². The molecule has 0 aliphatic rings. The number of hydrogen-bond donors (Lipinski definition) is 2. The fourth-order valence-corrected chi connectivity index (χ4v) is 1.63. The first-order valence-electron chi connectivity index (χ1n) is 6.04.